The van der Waals surface area contributed by atoms with Gasteiger partial charge < -0.3 is 19.9 Å². The molecule has 0 radical (unpaired) electrons. The fourth-order valence-corrected chi connectivity index (χ4v) is 2.29. The van der Waals surface area contributed by atoms with Gasteiger partial charge in [0.15, 0.2) is 0 Å². The molecular weight excluding hydrogens is 328 g/mol. The van der Waals surface area contributed by atoms with Crippen LogP contribution in [0, 0.1) is 10.1 Å². The normalized spacial score (nSPS) is 13.6. The first kappa shape index (κ1) is 20.7. The predicted molar refractivity (Wildman–Crippen MR) is 92.3 cm³/mol. The zero-order valence-corrected chi connectivity index (χ0v) is 15.0. The maximum Gasteiger partial charge on any atom is 0.407 e. The minimum absolute atomic E-state index is 0.0479. The third-order valence-electron chi connectivity index (χ3n) is 3.28. The summed E-state index contributed by atoms with van der Waals surface area (Å²) in [7, 11) is 1.57. The second-order valence-electron chi connectivity index (χ2n) is 6.80. The molecule has 8 heteroatoms. The Hall–Kier alpha value is -2.35. The van der Waals surface area contributed by atoms with Gasteiger partial charge in [0.25, 0.3) is 0 Å². The molecule has 25 heavy (non-hydrogen) atoms. The Balaban J connectivity index is 2.78. The summed E-state index contributed by atoms with van der Waals surface area (Å²) in [5, 5.41) is 23.1. The van der Waals surface area contributed by atoms with E-state index in [1.54, 1.807) is 40.0 Å². The van der Waals surface area contributed by atoms with Gasteiger partial charge in [-0.15, -0.1) is 0 Å². The number of alkyl carbamates (subject to hydrolysis) is 1. The van der Waals surface area contributed by atoms with Gasteiger partial charge in [-0.25, -0.2) is 4.79 Å². The third kappa shape index (κ3) is 8.90. The maximum absolute atomic E-state index is 12.0. The number of nitro groups is 1. The third-order valence-corrected chi connectivity index (χ3v) is 3.28. The van der Waals surface area contributed by atoms with Crippen molar-refractivity contribution in [1.29, 1.82) is 0 Å². The molecule has 1 aromatic rings. The molecule has 0 aliphatic carbocycles. The standard InChI is InChI=1S/C17H26N2O6/c1-17(2,3)25-16(21)18-13(10-14(20)11-19(22)23)9-12-5-7-15(24-4)8-6-12/h5-8,13-14,20H,9-11H2,1-4H3,(H,18,21)/t13-,14+/m0/s1. The van der Waals surface area contributed by atoms with Crippen molar-refractivity contribution in [3.05, 3.63) is 39.9 Å². The number of nitrogens with zero attached hydrogens (tertiary/aromatic N) is 1. The average Bonchev–Trinajstić information content (AvgIpc) is 2.44. The van der Waals surface area contributed by atoms with E-state index in [9.17, 15) is 20.0 Å². The molecule has 0 aliphatic rings. The molecule has 0 aliphatic heterocycles. The van der Waals surface area contributed by atoms with Crippen molar-refractivity contribution in [3.63, 3.8) is 0 Å². The van der Waals surface area contributed by atoms with E-state index < -0.39 is 35.3 Å². The number of ether oxygens (including phenoxy) is 2. The fourth-order valence-electron chi connectivity index (χ4n) is 2.29. The van der Waals surface area contributed by atoms with Gasteiger partial charge in [0.2, 0.25) is 6.54 Å². The van der Waals surface area contributed by atoms with Crippen molar-refractivity contribution in [3.8, 4) is 5.75 Å². The number of amides is 1. The van der Waals surface area contributed by atoms with Crippen LogP contribution in [0.3, 0.4) is 0 Å². The minimum atomic E-state index is -1.16. The molecule has 0 aromatic heterocycles. The van der Waals surface area contributed by atoms with E-state index >= 15 is 0 Å². The quantitative estimate of drug-likeness (QED) is 0.547. The zero-order chi connectivity index (χ0) is 19.0. The number of nitrogens with one attached hydrogen (secondary N) is 1. The van der Waals surface area contributed by atoms with Crippen LogP contribution in [0.1, 0.15) is 32.8 Å². The Labute approximate surface area is 147 Å². The lowest BCUT2D eigenvalue weighted by molar-refractivity contribution is -0.490. The first-order valence-electron chi connectivity index (χ1n) is 8.01. The molecule has 2 N–H and O–H groups in total. The van der Waals surface area contributed by atoms with E-state index in [2.05, 4.69) is 5.32 Å². The van der Waals surface area contributed by atoms with Gasteiger partial charge in [-0.2, -0.15) is 0 Å². The Kier molecular flexibility index (Phi) is 7.63. The summed E-state index contributed by atoms with van der Waals surface area (Å²) in [4.78, 5) is 22.0. The van der Waals surface area contributed by atoms with Crippen molar-refractivity contribution in [2.75, 3.05) is 13.7 Å². The molecule has 8 nitrogen and oxygen atoms in total. The molecule has 0 heterocycles. The lowest BCUT2D eigenvalue weighted by Gasteiger charge is -2.24. The number of aliphatic hydroxyl groups excluding tert-OH is 1. The number of rotatable bonds is 8. The second-order valence-corrected chi connectivity index (χ2v) is 6.80. The molecule has 140 valence electrons. The molecule has 0 bridgehead atoms. The molecule has 0 saturated heterocycles. The van der Waals surface area contributed by atoms with E-state index in [-0.39, 0.29) is 6.42 Å². The number of aliphatic hydroxyl groups is 1. The molecule has 0 saturated carbocycles. The highest BCUT2D eigenvalue weighted by atomic mass is 16.6. The van der Waals surface area contributed by atoms with Crippen LogP contribution in [0.2, 0.25) is 0 Å². The van der Waals surface area contributed by atoms with Gasteiger partial charge in [-0.1, -0.05) is 12.1 Å². The lowest BCUT2D eigenvalue weighted by Crippen LogP contribution is -2.42. The summed E-state index contributed by atoms with van der Waals surface area (Å²) in [6.45, 7) is 4.65. The number of hydrogen-bond donors (Lipinski definition) is 2. The Morgan fingerprint density at radius 2 is 1.92 bits per heavy atom. The number of carbonyl (C=O) groups is 1. The summed E-state index contributed by atoms with van der Waals surface area (Å²) >= 11 is 0. The largest absolute Gasteiger partial charge is 0.497 e. The molecular formula is C17H26N2O6. The highest BCUT2D eigenvalue weighted by molar-refractivity contribution is 5.68. The zero-order valence-electron chi connectivity index (χ0n) is 15.0. The molecule has 0 spiro atoms. The summed E-state index contributed by atoms with van der Waals surface area (Å²) in [5.74, 6) is 0.703. The van der Waals surface area contributed by atoms with Crippen molar-refractivity contribution in [2.24, 2.45) is 0 Å². The smallest absolute Gasteiger partial charge is 0.407 e. The van der Waals surface area contributed by atoms with Crippen LogP contribution < -0.4 is 10.1 Å². The average molecular weight is 354 g/mol. The summed E-state index contributed by atoms with van der Waals surface area (Å²) in [6.07, 6.45) is -1.34. The van der Waals surface area contributed by atoms with Crippen molar-refractivity contribution >= 4 is 6.09 Å². The molecule has 0 unspecified atom stereocenters. The second kappa shape index (κ2) is 9.22. The molecule has 0 fully saturated rings. The van der Waals surface area contributed by atoms with E-state index in [0.717, 1.165) is 5.56 Å². The van der Waals surface area contributed by atoms with Crippen LogP contribution in [0.15, 0.2) is 24.3 Å². The van der Waals surface area contributed by atoms with Crippen LogP contribution in [0.5, 0.6) is 5.75 Å². The highest BCUT2D eigenvalue weighted by Crippen LogP contribution is 2.15. The Morgan fingerprint density at radius 3 is 2.40 bits per heavy atom. The van der Waals surface area contributed by atoms with E-state index in [0.29, 0.717) is 12.2 Å². The molecule has 1 amide bonds. The SMILES string of the molecule is COc1ccc(C[C@@H](C[C@@H](O)C[N+](=O)[O-])NC(=O)OC(C)(C)C)cc1. The minimum Gasteiger partial charge on any atom is -0.497 e. The number of methoxy groups -OCH3 is 1. The van der Waals surface area contributed by atoms with Crippen LogP contribution in [0.4, 0.5) is 4.79 Å². The highest BCUT2D eigenvalue weighted by Gasteiger charge is 2.23. The van der Waals surface area contributed by atoms with Gasteiger partial charge in [0.1, 0.15) is 17.5 Å². The number of hydrogen-bond acceptors (Lipinski definition) is 6. The van der Waals surface area contributed by atoms with Crippen molar-refractivity contribution in [1.82, 2.24) is 5.32 Å². The summed E-state index contributed by atoms with van der Waals surface area (Å²) in [6, 6.07) is 6.74. The molecule has 1 aromatic carbocycles. The van der Waals surface area contributed by atoms with Crippen LogP contribution in [-0.2, 0) is 11.2 Å². The monoisotopic (exact) mass is 354 g/mol. The van der Waals surface area contributed by atoms with Crippen LogP contribution in [-0.4, -0.2) is 47.5 Å². The van der Waals surface area contributed by atoms with Crippen LogP contribution in [0.25, 0.3) is 0 Å². The van der Waals surface area contributed by atoms with E-state index in [1.807, 2.05) is 12.1 Å². The Morgan fingerprint density at radius 1 is 1.32 bits per heavy atom. The van der Waals surface area contributed by atoms with E-state index in [4.69, 9.17) is 9.47 Å². The van der Waals surface area contributed by atoms with Gasteiger partial charge >= 0.3 is 6.09 Å². The van der Waals surface area contributed by atoms with Gasteiger partial charge in [-0.3, -0.25) is 10.1 Å². The Bertz CT molecular complexity index is 567. The summed E-state index contributed by atoms with van der Waals surface area (Å²) < 4.78 is 10.3. The number of carbonyl (C=O) groups excluding carboxylic acids is 1. The van der Waals surface area contributed by atoms with Crippen molar-refractivity contribution in [2.45, 2.75) is 51.4 Å². The lowest BCUT2D eigenvalue weighted by atomic mass is 10.0. The molecule has 2 atom stereocenters. The van der Waals surface area contributed by atoms with Gasteiger partial charge in [-0.05, 0) is 44.9 Å². The van der Waals surface area contributed by atoms with Crippen molar-refractivity contribution < 1.29 is 24.3 Å². The number of benzene rings is 1. The first-order chi connectivity index (χ1) is 11.6. The predicted octanol–water partition coefficient (Wildman–Crippen LogP) is 2.16. The maximum atomic E-state index is 12.0. The van der Waals surface area contributed by atoms with E-state index in [1.165, 1.54) is 0 Å². The van der Waals surface area contributed by atoms with Gasteiger partial charge in [0, 0.05) is 17.4 Å². The fraction of sp³-hybridized carbons (Fsp3) is 0.588. The molecule has 1 rings (SSSR count). The topological polar surface area (TPSA) is 111 Å². The van der Waals surface area contributed by atoms with Gasteiger partial charge in [0.05, 0.1) is 7.11 Å². The van der Waals surface area contributed by atoms with Crippen LogP contribution >= 0.6 is 0 Å². The first-order valence-corrected chi connectivity index (χ1v) is 8.01. The summed E-state index contributed by atoms with van der Waals surface area (Å²) in [5.41, 5.74) is 0.240.